The number of aliphatic carboxylic acids is 1. The zero-order chi connectivity index (χ0) is 18.5. The number of carbonyl (C=O) groups is 2. The third kappa shape index (κ3) is 2.51. The summed E-state index contributed by atoms with van der Waals surface area (Å²) >= 11 is 0. The van der Waals surface area contributed by atoms with Gasteiger partial charge in [0.15, 0.2) is 0 Å². The van der Waals surface area contributed by atoms with E-state index < -0.39 is 30.1 Å². The van der Waals surface area contributed by atoms with Gasteiger partial charge in [-0.1, -0.05) is 48.5 Å². The van der Waals surface area contributed by atoms with Gasteiger partial charge in [0.25, 0.3) is 0 Å². The van der Waals surface area contributed by atoms with Crippen LogP contribution in [0, 0.1) is 5.92 Å². The summed E-state index contributed by atoms with van der Waals surface area (Å²) in [6, 6.07) is 15.9. The molecular weight excluding hydrogens is 346 g/mol. The Bertz CT molecular complexity index is 881. The maximum Gasteiger partial charge on any atom is 0.410 e. The van der Waals surface area contributed by atoms with Gasteiger partial charge in [0.2, 0.25) is 0 Å². The maximum absolute atomic E-state index is 12.6. The Labute approximate surface area is 156 Å². The Morgan fingerprint density at radius 2 is 1.70 bits per heavy atom. The first kappa shape index (κ1) is 16.3. The van der Waals surface area contributed by atoms with E-state index >= 15 is 0 Å². The first-order chi connectivity index (χ1) is 13.2. The molecule has 6 heteroatoms. The highest BCUT2D eigenvalue weighted by Gasteiger charge is 2.63. The van der Waals surface area contributed by atoms with Crippen molar-refractivity contribution < 1.29 is 24.2 Å². The number of fused-ring (bicyclic) bond motifs is 4. The number of carboxylic acids is 1. The van der Waals surface area contributed by atoms with Gasteiger partial charge in [-0.25, -0.2) is 4.79 Å². The number of rotatable bonds is 3. The summed E-state index contributed by atoms with van der Waals surface area (Å²) in [5, 5.41) is 9.25. The van der Waals surface area contributed by atoms with Crippen LogP contribution in [0.5, 0.6) is 0 Å². The predicted octanol–water partition coefficient (Wildman–Crippen LogP) is 2.72. The van der Waals surface area contributed by atoms with Crippen LogP contribution in [0.3, 0.4) is 0 Å². The van der Waals surface area contributed by atoms with Crippen LogP contribution in [0.15, 0.2) is 48.5 Å². The van der Waals surface area contributed by atoms with E-state index in [0.717, 1.165) is 11.1 Å². The van der Waals surface area contributed by atoms with Crippen molar-refractivity contribution in [3.05, 3.63) is 59.7 Å². The van der Waals surface area contributed by atoms with Crippen molar-refractivity contribution in [2.24, 2.45) is 5.92 Å². The van der Waals surface area contributed by atoms with Crippen LogP contribution >= 0.6 is 0 Å². The second-order valence-electron chi connectivity index (χ2n) is 7.19. The van der Waals surface area contributed by atoms with Gasteiger partial charge in [0.05, 0.1) is 18.8 Å². The molecule has 3 aliphatic rings. The SMILES string of the molecule is O=C(O)[C@@H]1[C@H]2OCCN(C(=O)OCC3c4ccccc4-c4ccccc43)[C@H]21. The summed E-state index contributed by atoms with van der Waals surface area (Å²) in [4.78, 5) is 25.4. The number of benzene rings is 2. The number of morpholine rings is 1. The number of amides is 1. The first-order valence-electron chi connectivity index (χ1n) is 9.13. The molecule has 1 N–H and O–H groups in total. The van der Waals surface area contributed by atoms with E-state index in [4.69, 9.17) is 9.47 Å². The molecule has 0 unspecified atom stereocenters. The van der Waals surface area contributed by atoms with Crippen molar-refractivity contribution in [3.63, 3.8) is 0 Å². The quantitative estimate of drug-likeness (QED) is 0.905. The van der Waals surface area contributed by atoms with Gasteiger partial charge in [0.1, 0.15) is 12.5 Å². The van der Waals surface area contributed by atoms with E-state index in [1.54, 1.807) is 0 Å². The number of ether oxygens (including phenoxy) is 2. The highest BCUT2D eigenvalue weighted by atomic mass is 16.6. The first-order valence-corrected chi connectivity index (χ1v) is 9.13. The largest absolute Gasteiger partial charge is 0.481 e. The number of carboxylic acid groups (broad SMARTS) is 1. The molecular formula is C21H19NO5. The van der Waals surface area contributed by atoms with Crippen molar-refractivity contribution in [1.29, 1.82) is 0 Å². The topological polar surface area (TPSA) is 76.1 Å². The number of carbonyl (C=O) groups excluding carboxylic acids is 1. The lowest BCUT2D eigenvalue weighted by Gasteiger charge is -2.26. The van der Waals surface area contributed by atoms with E-state index in [9.17, 15) is 14.7 Å². The normalized spacial score (nSPS) is 25.3. The minimum Gasteiger partial charge on any atom is -0.481 e. The number of hydrogen-bond acceptors (Lipinski definition) is 4. The van der Waals surface area contributed by atoms with Gasteiger partial charge in [-0.3, -0.25) is 9.69 Å². The molecule has 138 valence electrons. The van der Waals surface area contributed by atoms with Crippen LogP contribution in [0.2, 0.25) is 0 Å². The van der Waals surface area contributed by atoms with Crippen LogP contribution in [0.4, 0.5) is 4.79 Å². The highest BCUT2D eigenvalue weighted by molar-refractivity contribution is 5.80. The number of hydrogen-bond donors (Lipinski definition) is 1. The molecule has 2 aromatic rings. The van der Waals surface area contributed by atoms with Gasteiger partial charge < -0.3 is 14.6 Å². The molecule has 0 bridgehead atoms. The molecule has 2 fully saturated rings. The van der Waals surface area contributed by atoms with Crippen LogP contribution < -0.4 is 0 Å². The van der Waals surface area contributed by atoms with Gasteiger partial charge in [-0.15, -0.1) is 0 Å². The number of nitrogens with zero attached hydrogens (tertiary/aromatic N) is 1. The molecule has 1 aliphatic heterocycles. The third-order valence-electron chi connectivity index (χ3n) is 5.78. The fourth-order valence-corrected chi connectivity index (χ4v) is 4.45. The Hall–Kier alpha value is -2.86. The summed E-state index contributed by atoms with van der Waals surface area (Å²) in [5.74, 6) is -1.58. The smallest absolute Gasteiger partial charge is 0.410 e. The van der Waals surface area contributed by atoms with E-state index in [2.05, 4.69) is 24.3 Å². The molecule has 2 aliphatic carbocycles. The van der Waals surface area contributed by atoms with E-state index in [1.165, 1.54) is 16.0 Å². The standard InChI is InChI=1S/C21H19NO5/c23-20(24)17-18-19(17)26-10-9-22(18)21(25)27-11-16-14-7-3-1-5-12(14)13-6-2-4-8-15(13)16/h1-8,16-19H,9-11H2,(H,23,24)/t17-,18-,19+/m0/s1. The van der Waals surface area contributed by atoms with E-state index in [0.29, 0.717) is 13.2 Å². The fourth-order valence-electron chi connectivity index (χ4n) is 4.45. The summed E-state index contributed by atoms with van der Waals surface area (Å²) in [6.45, 7) is 0.941. The zero-order valence-electron chi connectivity index (χ0n) is 14.6. The van der Waals surface area contributed by atoms with Gasteiger partial charge in [-0.05, 0) is 22.3 Å². The monoisotopic (exact) mass is 365 g/mol. The lowest BCUT2D eigenvalue weighted by atomic mass is 9.98. The molecule has 3 atom stereocenters. The third-order valence-corrected chi connectivity index (χ3v) is 5.78. The molecule has 0 aromatic heterocycles. The summed E-state index contributed by atoms with van der Waals surface area (Å²) in [7, 11) is 0. The van der Waals surface area contributed by atoms with Crippen LogP contribution in [-0.2, 0) is 14.3 Å². The van der Waals surface area contributed by atoms with Crippen molar-refractivity contribution in [2.45, 2.75) is 18.1 Å². The van der Waals surface area contributed by atoms with Crippen molar-refractivity contribution in [2.75, 3.05) is 19.8 Å². The Kier molecular flexibility index (Phi) is 3.68. The minimum absolute atomic E-state index is 0.00680. The molecule has 27 heavy (non-hydrogen) atoms. The van der Waals surface area contributed by atoms with Gasteiger partial charge in [0, 0.05) is 12.5 Å². The molecule has 1 heterocycles. The second-order valence-corrected chi connectivity index (χ2v) is 7.19. The fraction of sp³-hybridized carbons (Fsp3) is 0.333. The van der Waals surface area contributed by atoms with Gasteiger partial charge in [-0.2, -0.15) is 0 Å². The van der Waals surface area contributed by atoms with Crippen molar-refractivity contribution in [3.8, 4) is 11.1 Å². The molecule has 5 rings (SSSR count). The molecule has 1 saturated carbocycles. The lowest BCUT2D eigenvalue weighted by Crippen LogP contribution is -2.42. The Morgan fingerprint density at radius 3 is 2.33 bits per heavy atom. The predicted molar refractivity (Wildman–Crippen MR) is 96.4 cm³/mol. The lowest BCUT2D eigenvalue weighted by molar-refractivity contribution is -0.139. The summed E-state index contributed by atoms with van der Waals surface area (Å²) in [6.07, 6.45) is -0.865. The maximum atomic E-state index is 12.6. The molecule has 6 nitrogen and oxygen atoms in total. The average molecular weight is 365 g/mol. The Balaban J connectivity index is 1.33. The molecule has 1 saturated heterocycles. The summed E-state index contributed by atoms with van der Waals surface area (Å²) in [5.41, 5.74) is 4.66. The van der Waals surface area contributed by atoms with Crippen molar-refractivity contribution >= 4 is 12.1 Å². The minimum atomic E-state index is -0.927. The second kappa shape index (κ2) is 6.09. The molecule has 2 aromatic carbocycles. The van der Waals surface area contributed by atoms with E-state index in [-0.39, 0.29) is 12.5 Å². The van der Waals surface area contributed by atoms with E-state index in [1.807, 2.05) is 24.3 Å². The average Bonchev–Trinajstić information content (AvgIpc) is 3.35. The van der Waals surface area contributed by atoms with Crippen LogP contribution in [0.25, 0.3) is 11.1 Å². The molecule has 0 spiro atoms. The van der Waals surface area contributed by atoms with Crippen LogP contribution in [-0.4, -0.2) is 54.0 Å². The summed E-state index contributed by atoms with van der Waals surface area (Å²) < 4.78 is 11.1. The molecule has 1 amide bonds. The Morgan fingerprint density at radius 1 is 1.07 bits per heavy atom. The molecule has 0 radical (unpaired) electrons. The zero-order valence-corrected chi connectivity index (χ0v) is 14.6. The highest BCUT2D eigenvalue weighted by Crippen LogP contribution is 2.45. The van der Waals surface area contributed by atoms with Gasteiger partial charge >= 0.3 is 12.1 Å². The van der Waals surface area contributed by atoms with Crippen molar-refractivity contribution in [1.82, 2.24) is 4.90 Å². The van der Waals surface area contributed by atoms with Crippen LogP contribution in [0.1, 0.15) is 17.0 Å².